The van der Waals surface area contributed by atoms with E-state index in [1.807, 2.05) is 24.3 Å². The van der Waals surface area contributed by atoms with Gasteiger partial charge in [-0.1, -0.05) is 6.07 Å². The fraction of sp³-hybridized carbons (Fsp3) is 0.304. The fourth-order valence-corrected chi connectivity index (χ4v) is 4.93. The largest absolute Gasteiger partial charge is 0.367 e. The quantitative estimate of drug-likeness (QED) is 0.376. The topological polar surface area (TPSA) is 118 Å². The van der Waals surface area contributed by atoms with Crippen LogP contribution < -0.4 is 21.5 Å². The molecule has 4 heterocycles. The van der Waals surface area contributed by atoms with Gasteiger partial charge in [-0.15, -0.1) is 0 Å². The molecule has 10 heteroatoms. The summed E-state index contributed by atoms with van der Waals surface area (Å²) in [4.78, 5) is 28.6. The summed E-state index contributed by atoms with van der Waals surface area (Å²) in [5, 5.41) is 7.70. The van der Waals surface area contributed by atoms with Gasteiger partial charge in [0.05, 0.1) is 17.4 Å². The second-order valence-corrected chi connectivity index (χ2v) is 12.0. The van der Waals surface area contributed by atoms with Crippen molar-refractivity contribution >= 4 is 35.4 Å². The molecular weight excluding hydrogens is 437 g/mol. The Hall–Kier alpha value is -3.45. The molecule has 4 aromatic heterocycles. The molecule has 1 aliphatic rings. The summed E-state index contributed by atoms with van der Waals surface area (Å²) in [6.07, 6.45) is 8.03. The van der Waals surface area contributed by atoms with Crippen LogP contribution in [0.15, 0.2) is 59.8 Å². The molecular formula is C23H26N7O2P. The van der Waals surface area contributed by atoms with Gasteiger partial charge in [0.15, 0.2) is 5.65 Å². The van der Waals surface area contributed by atoms with Crippen molar-refractivity contribution in [3.8, 4) is 5.69 Å². The van der Waals surface area contributed by atoms with Crippen molar-refractivity contribution in [1.82, 2.24) is 24.5 Å². The number of pyridine rings is 3. The molecule has 4 aromatic rings. The van der Waals surface area contributed by atoms with Crippen molar-refractivity contribution in [2.24, 2.45) is 0 Å². The van der Waals surface area contributed by atoms with E-state index in [0.717, 1.165) is 41.6 Å². The number of hydrogen-bond acceptors (Lipinski definition) is 7. The number of rotatable bonds is 6. The third-order valence-corrected chi connectivity index (χ3v) is 7.41. The highest BCUT2D eigenvalue weighted by Crippen LogP contribution is 2.34. The first-order valence-electron chi connectivity index (χ1n) is 10.9. The molecule has 1 saturated carbocycles. The molecule has 3 N–H and O–H groups in total. The van der Waals surface area contributed by atoms with E-state index in [1.165, 1.54) is 6.07 Å². The summed E-state index contributed by atoms with van der Waals surface area (Å²) >= 11 is 0. The zero-order valence-electron chi connectivity index (χ0n) is 18.5. The van der Waals surface area contributed by atoms with Gasteiger partial charge in [-0.25, -0.2) is 9.97 Å². The second-order valence-electron chi connectivity index (χ2n) is 8.81. The number of nitrogens with zero attached hydrogens (tertiary/aromatic N) is 4. The summed E-state index contributed by atoms with van der Waals surface area (Å²) in [7, 11) is -2.37. The van der Waals surface area contributed by atoms with Gasteiger partial charge in [-0.05, 0) is 56.9 Å². The van der Waals surface area contributed by atoms with E-state index in [4.69, 9.17) is 0 Å². The van der Waals surface area contributed by atoms with Gasteiger partial charge >= 0.3 is 0 Å². The molecule has 0 spiro atoms. The Morgan fingerprint density at radius 1 is 1.06 bits per heavy atom. The maximum absolute atomic E-state index is 12.3. The van der Waals surface area contributed by atoms with E-state index >= 15 is 0 Å². The van der Waals surface area contributed by atoms with Gasteiger partial charge in [0.1, 0.15) is 13.0 Å². The third-order valence-electron chi connectivity index (χ3n) is 5.92. The highest BCUT2D eigenvalue weighted by molar-refractivity contribution is 7.70. The Kier molecular flexibility index (Phi) is 5.50. The molecule has 1 aliphatic carbocycles. The van der Waals surface area contributed by atoms with Gasteiger partial charge in [0, 0.05) is 35.8 Å². The first kappa shape index (κ1) is 21.4. The lowest BCUT2D eigenvalue weighted by molar-refractivity contribution is 0.588. The standard InChI is InChI=1S/C23H26N7O2P/c1-33(2,32)18-12-19-22(25-14-18)29-23(28-19)27-16-7-6-15(11-16)26-20-9-8-17(13-24-20)30-10-4-3-5-21(30)31/h3-5,8-10,12-16H,6-7,11H2,1-2H3,(H,24,26)(H2,25,27,28,29)/t15-,16-/m0/s1. The maximum atomic E-state index is 12.3. The van der Waals surface area contributed by atoms with Crippen LogP contribution in [0.1, 0.15) is 19.3 Å². The second kappa shape index (κ2) is 8.48. The Bertz CT molecular complexity index is 1390. The molecule has 9 nitrogen and oxygen atoms in total. The van der Waals surface area contributed by atoms with Crippen molar-refractivity contribution in [3.63, 3.8) is 0 Å². The number of fused-ring (bicyclic) bond motifs is 1. The van der Waals surface area contributed by atoms with Crippen molar-refractivity contribution in [1.29, 1.82) is 0 Å². The normalized spacial score (nSPS) is 18.5. The molecule has 1 fully saturated rings. The molecule has 33 heavy (non-hydrogen) atoms. The lowest BCUT2D eigenvalue weighted by Crippen LogP contribution is -2.21. The average molecular weight is 463 g/mol. The molecule has 2 atom stereocenters. The van der Waals surface area contributed by atoms with Crippen LogP contribution >= 0.6 is 7.14 Å². The lowest BCUT2D eigenvalue weighted by atomic mass is 10.2. The van der Waals surface area contributed by atoms with E-state index in [9.17, 15) is 9.36 Å². The van der Waals surface area contributed by atoms with Gasteiger partial charge < -0.3 is 20.2 Å². The summed E-state index contributed by atoms with van der Waals surface area (Å²) < 4.78 is 13.9. The van der Waals surface area contributed by atoms with E-state index < -0.39 is 7.14 Å². The zero-order chi connectivity index (χ0) is 23.0. The van der Waals surface area contributed by atoms with Crippen LogP contribution in [0, 0.1) is 0 Å². The smallest absolute Gasteiger partial charge is 0.255 e. The maximum Gasteiger partial charge on any atom is 0.255 e. The van der Waals surface area contributed by atoms with Crippen LogP contribution in [0.5, 0.6) is 0 Å². The van der Waals surface area contributed by atoms with Gasteiger partial charge in [-0.3, -0.25) is 9.36 Å². The summed E-state index contributed by atoms with van der Waals surface area (Å²) in [6.45, 7) is 3.47. The van der Waals surface area contributed by atoms with Crippen molar-refractivity contribution < 1.29 is 4.57 Å². The fourth-order valence-electron chi connectivity index (χ4n) is 4.15. The Labute approximate surface area is 191 Å². The van der Waals surface area contributed by atoms with E-state index in [-0.39, 0.29) is 11.6 Å². The number of nitrogens with one attached hydrogen (secondary N) is 3. The third kappa shape index (κ3) is 4.68. The number of aromatic amines is 1. The first-order chi connectivity index (χ1) is 15.8. The van der Waals surface area contributed by atoms with Crippen LogP contribution in [-0.4, -0.2) is 49.9 Å². The summed E-state index contributed by atoms with van der Waals surface area (Å²) in [5.74, 6) is 1.47. The summed E-state index contributed by atoms with van der Waals surface area (Å²) in [6, 6.07) is 11.3. The van der Waals surface area contributed by atoms with Crippen molar-refractivity contribution in [2.75, 3.05) is 24.0 Å². The molecule has 0 saturated heterocycles. The Morgan fingerprint density at radius 2 is 1.88 bits per heavy atom. The van der Waals surface area contributed by atoms with E-state index in [1.54, 1.807) is 42.6 Å². The number of H-pyrrole nitrogens is 1. The van der Waals surface area contributed by atoms with Crippen molar-refractivity contribution in [2.45, 2.75) is 31.3 Å². The number of imidazole rings is 1. The van der Waals surface area contributed by atoms with Crippen molar-refractivity contribution in [3.05, 3.63) is 65.3 Å². The lowest BCUT2D eigenvalue weighted by Gasteiger charge is -2.15. The van der Waals surface area contributed by atoms with Crippen LogP contribution in [-0.2, 0) is 4.57 Å². The van der Waals surface area contributed by atoms with Gasteiger partial charge in [0.25, 0.3) is 5.56 Å². The number of aromatic nitrogens is 5. The molecule has 0 aliphatic heterocycles. The minimum Gasteiger partial charge on any atom is -0.367 e. The molecule has 0 bridgehead atoms. The number of anilines is 2. The highest BCUT2D eigenvalue weighted by Gasteiger charge is 2.25. The van der Waals surface area contributed by atoms with Gasteiger partial charge in [0.2, 0.25) is 5.95 Å². The zero-order valence-corrected chi connectivity index (χ0v) is 19.4. The Balaban J connectivity index is 1.21. The summed E-state index contributed by atoms with van der Waals surface area (Å²) in [5.41, 5.74) is 2.05. The molecule has 0 aromatic carbocycles. The number of hydrogen-bond donors (Lipinski definition) is 3. The van der Waals surface area contributed by atoms with Crippen LogP contribution in [0.3, 0.4) is 0 Å². The molecule has 0 amide bonds. The van der Waals surface area contributed by atoms with E-state index in [2.05, 4.69) is 30.6 Å². The monoisotopic (exact) mass is 463 g/mol. The SMILES string of the molecule is CP(C)(=O)c1cnc2nc(N[C@H]3CC[C@H](Nc4ccc(-n5ccccc5=O)cn4)C3)[nH]c2c1. The average Bonchev–Trinajstić information content (AvgIpc) is 3.40. The van der Waals surface area contributed by atoms with Crippen LogP contribution in [0.2, 0.25) is 0 Å². The van der Waals surface area contributed by atoms with Crippen LogP contribution in [0.4, 0.5) is 11.8 Å². The molecule has 0 radical (unpaired) electrons. The minimum atomic E-state index is -2.37. The predicted molar refractivity (Wildman–Crippen MR) is 131 cm³/mol. The predicted octanol–water partition coefficient (Wildman–Crippen LogP) is 3.20. The van der Waals surface area contributed by atoms with Gasteiger partial charge in [-0.2, -0.15) is 4.98 Å². The molecule has 170 valence electrons. The molecule has 0 unspecified atom stereocenters. The van der Waals surface area contributed by atoms with E-state index in [0.29, 0.717) is 17.6 Å². The van der Waals surface area contributed by atoms with Crippen LogP contribution in [0.25, 0.3) is 16.9 Å². The molecule has 5 rings (SSSR count). The first-order valence-corrected chi connectivity index (χ1v) is 13.5. The Morgan fingerprint density at radius 3 is 2.61 bits per heavy atom. The highest BCUT2D eigenvalue weighted by atomic mass is 31.2. The minimum absolute atomic E-state index is 0.0832.